The van der Waals surface area contributed by atoms with Crippen LogP contribution in [0.2, 0.25) is 0 Å². The Kier molecular flexibility index (Phi) is 5.26. The quantitative estimate of drug-likeness (QED) is 0.630. The lowest BCUT2D eigenvalue weighted by atomic mass is 10.0. The zero-order valence-electron chi connectivity index (χ0n) is 9.00. The molecule has 16 heavy (non-hydrogen) atoms. The van der Waals surface area contributed by atoms with Gasteiger partial charge in [-0.3, -0.25) is 0 Å². The summed E-state index contributed by atoms with van der Waals surface area (Å²) in [6.45, 7) is 2.14. The van der Waals surface area contributed by atoms with Crippen molar-refractivity contribution in [3.05, 3.63) is 32.9 Å². The van der Waals surface area contributed by atoms with Gasteiger partial charge in [-0.15, -0.1) is 0 Å². The molecule has 0 radical (unpaired) electrons. The molecular formula is C12H12INO2. The van der Waals surface area contributed by atoms with E-state index >= 15 is 0 Å². The number of nitrogens with zero attached hydrogens (tertiary/aromatic N) is 1. The monoisotopic (exact) mass is 329 g/mol. The molecule has 0 fully saturated rings. The first-order valence-electron chi connectivity index (χ1n) is 5.02. The Hall–Kier alpha value is -1.09. The maximum atomic E-state index is 11.7. The summed E-state index contributed by atoms with van der Waals surface area (Å²) < 4.78 is 5.87. The summed E-state index contributed by atoms with van der Waals surface area (Å²) >= 11 is 2.11. The van der Waals surface area contributed by atoms with E-state index < -0.39 is 0 Å². The second-order valence-electron chi connectivity index (χ2n) is 3.15. The first-order valence-corrected chi connectivity index (χ1v) is 6.10. The van der Waals surface area contributed by atoms with Crippen LogP contribution in [0.25, 0.3) is 0 Å². The highest BCUT2D eigenvalue weighted by atomic mass is 127. The third-order valence-electron chi connectivity index (χ3n) is 2.09. The van der Waals surface area contributed by atoms with E-state index in [2.05, 4.69) is 28.7 Å². The minimum atomic E-state index is -0.305. The minimum Gasteiger partial charge on any atom is -0.462 e. The Bertz CT molecular complexity index is 424. The van der Waals surface area contributed by atoms with Gasteiger partial charge < -0.3 is 4.74 Å². The molecule has 0 N–H and O–H groups in total. The van der Waals surface area contributed by atoms with E-state index in [1.807, 2.05) is 18.2 Å². The molecule has 0 aliphatic rings. The van der Waals surface area contributed by atoms with Crippen molar-refractivity contribution in [2.45, 2.75) is 19.8 Å². The summed E-state index contributed by atoms with van der Waals surface area (Å²) in [7, 11) is 0. The van der Waals surface area contributed by atoms with E-state index in [0.29, 0.717) is 25.0 Å². The van der Waals surface area contributed by atoms with Crippen LogP contribution < -0.4 is 0 Å². The number of benzene rings is 1. The van der Waals surface area contributed by atoms with Crippen LogP contribution in [-0.4, -0.2) is 12.6 Å². The van der Waals surface area contributed by atoms with E-state index in [4.69, 9.17) is 10.00 Å². The van der Waals surface area contributed by atoms with Crippen molar-refractivity contribution in [3.63, 3.8) is 0 Å². The van der Waals surface area contributed by atoms with Gasteiger partial charge in [0.25, 0.3) is 0 Å². The number of carbonyl (C=O) groups is 1. The number of esters is 1. The van der Waals surface area contributed by atoms with E-state index in [1.54, 1.807) is 6.92 Å². The fraction of sp³-hybridized carbons (Fsp3) is 0.333. The van der Waals surface area contributed by atoms with Gasteiger partial charge in [-0.25, -0.2) is 4.79 Å². The van der Waals surface area contributed by atoms with E-state index in [1.165, 1.54) is 0 Å². The van der Waals surface area contributed by atoms with Crippen LogP contribution in [0.4, 0.5) is 0 Å². The number of nitriles is 1. The Morgan fingerprint density at radius 3 is 2.94 bits per heavy atom. The van der Waals surface area contributed by atoms with Crippen LogP contribution in [0.3, 0.4) is 0 Å². The van der Waals surface area contributed by atoms with Crippen molar-refractivity contribution >= 4 is 28.6 Å². The molecular weight excluding hydrogens is 317 g/mol. The highest BCUT2D eigenvalue weighted by Crippen LogP contribution is 2.19. The first kappa shape index (κ1) is 13.0. The van der Waals surface area contributed by atoms with E-state index in [9.17, 15) is 4.79 Å². The van der Waals surface area contributed by atoms with Crippen LogP contribution in [0, 0.1) is 14.9 Å². The molecule has 0 bridgehead atoms. The van der Waals surface area contributed by atoms with Crippen molar-refractivity contribution in [3.8, 4) is 6.07 Å². The molecule has 0 saturated heterocycles. The van der Waals surface area contributed by atoms with Gasteiger partial charge in [0, 0.05) is 9.99 Å². The zero-order chi connectivity index (χ0) is 12.0. The second-order valence-corrected chi connectivity index (χ2v) is 4.31. The smallest absolute Gasteiger partial charge is 0.339 e. The molecule has 1 aromatic carbocycles. The average Bonchev–Trinajstić information content (AvgIpc) is 2.26. The first-order chi connectivity index (χ1) is 7.70. The van der Waals surface area contributed by atoms with Crippen molar-refractivity contribution in [1.29, 1.82) is 5.26 Å². The molecule has 0 atom stereocenters. The number of hydrogen-bond donors (Lipinski definition) is 0. The predicted octanol–water partition coefficient (Wildman–Crippen LogP) is 2.92. The number of hydrogen-bond acceptors (Lipinski definition) is 3. The standard InChI is InChI=1S/C12H12INO2/c1-2-16-12(15)11-9(6-4-8-14)5-3-7-10(11)13/h3,5,7H,2,4,6H2,1H3. The van der Waals surface area contributed by atoms with E-state index in [-0.39, 0.29) is 5.97 Å². The molecule has 0 aliphatic heterocycles. The van der Waals surface area contributed by atoms with Crippen LogP contribution in [0.1, 0.15) is 29.3 Å². The van der Waals surface area contributed by atoms with Crippen molar-refractivity contribution in [2.24, 2.45) is 0 Å². The Labute approximate surface area is 109 Å². The third-order valence-corrected chi connectivity index (χ3v) is 2.98. The van der Waals surface area contributed by atoms with Crippen LogP contribution in [-0.2, 0) is 11.2 Å². The molecule has 84 valence electrons. The van der Waals surface area contributed by atoms with Crippen LogP contribution in [0.5, 0.6) is 0 Å². The number of rotatable bonds is 4. The maximum Gasteiger partial charge on any atom is 0.339 e. The Morgan fingerprint density at radius 1 is 1.56 bits per heavy atom. The van der Waals surface area contributed by atoms with Crippen LogP contribution in [0.15, 0.2) is 18.2 Å². The molecule has 1 rings (SSSR count). The summed E-state index contributed by atoms with van der Waals surface area (Å²) in [5.41, 5.74) is 1.48. The largest absolute Gasteiger partial charge is 0.462 e. The minimum absolute atomic E-state index is 0.305. The normalized spacial score (nSPS) is 9.56. The molecule has 4 heteroatoms. The highest BCUT2D eigenvalue weighted by Gasteiger charge is 2.15. The maximum absolute atomic E-state index is 11.7. The topological polar surface area (TPSA) is 50.1 Å². The SMILES string of the molecule is CCOC(=O)c1c(I)cccc1CCC#N. The van der Waals surface area contributed by atoms with Gasteiger partial charge in [-0.05, 0) is 47.6 Å². The van der Waals surface area contributed by atoms with Crippen molar-refractivity contribution in [2.75, 3.05) is 6.61 Å². The summed E-state index contributed by atoms with van der Waals surface area (Å²) in [6.07, 6.45) is 0.994. The van der Waals surface area contributed by atoms with Crippen LogP contribution >= 0.6 is 22.6 Å². The summed E-state index contributed by atoms with van der Waals surface area (Å²) in [6, 6.07) is 7.70. The molecule has 0 aliphatic carbocycles. The lowest BCUT2D eigenvalue weighted by Crippen LogP contribution is -2.10. The van der Waals surface area contributed by atoms with Crippen molar-refractivity contribution < 1.29 is 9.53 Å². The highest BCUT2D eigenvalue weighted by molar-refractivity contribution is 14.1. The number of aryl methyl sites for hydroxylation is 1. The second kappa shape index (κ2) is 6.48. The van der Waals surface area contributed by atoms with Gasteiger partial charge >= 0.3 is 5.97 Å². The lowest BCUT2D eigenvalue weighted by molar-refractivity contribution is 0.0524. The molecule has 0 unspecified atom stereocenters. The molecule has 0 saturated carbocycles. The molecule has 0 heterocycles. The van der Waals surface area contributed by atoms with Gasteiger partial charge in [0.2, 0.25) is 0 Å². The zero-order valence-corrected chi connectivity index (χ0v) is 11.2. The number of ether oxygens (including phenoxy) is 1. The fourth-order valence-electron chi connectivity index (χ4n) is 1.40. The van der Waals surface area contributed by atoms with Gasteiger partial charge in [0.15, 0.2) is 0 Å². The number of carbonyl (C=O) groups excluding carboxylic acids is 1. The summed E-state index contributed by atoms with van der Waals surface area (Å²) in [5.74, 6) is -0.305. The Balaban J connectivity index is 3.03. The van der Waals surface area contributed by atoms with Gasteiger partial charge in [0.1, 0.15) is 0 Å². The number of halogens is 1. The summed E-state index contributed by atoms with van der Waals surface area (Å²) in [5, 5.41) is 8.56. The summed E-state index contributed by atoms with van der Waals surface area (Å²) in [4.78, 5) is 11.7. The molecule has 3 nitrogen and oxygen atoms in total. The molecule has 1 aromatic rings. The van der Waals surface area contributed by atoms with Gasteiger partial charge in [0.05, 0.1) is 18.2 Å². The molecule has 0 aromatic heterocycles. The average molecular weight is 329 g/mol. The third kappa shape index (κ3) is 3.20. The predicted molar refractivity (Wildman–Crippen MR) is 69.0 cm³/mol. The molecule has 0 spiro atoms. The van der Waals surface area contributed by atoms with Crippen molar-refractivity contribution in [1.82, 2.24) is 0 Å². The van der Waals surface area contributed by atoms with E-state index in [0.717, 1.165) is 9.13 Å². The lowest BCUT2D eigenvalue weighted by Gasteiger charge is -2.09. The Morgan fingerprint density at radius 2 is 2.31 bits per heavy atom. The molecule has 0 amide bonds. The van der Waals surface area contributed by atoms with Gasteiger partial charge in [-0.1, -0.05) is 12.1 Å². The fourth-order valence-corrected chi connectivity index (χ4v) is 2.17. The van der Waals surface area contributed by atoms with Gasteiger partial charge in [-0.2, -0.15) is 5.26 Å².